The highest BCUT2D eigenvalue weighted by molar-refractivity contribution is 5.60. The minimum Gasteiger partial charge on any atom is -0.388 e. The fourth-order valence-electron chi connectivity index (χ4n) is 8.90. The molecule has 8 heteroatoms. The van der Waals surface area contributed by atoms with Gasteiger partial charge < -0.3 is 28.8 Å². The van der Waals surface area contributed by atoms with Gasteiger partial charge in [-0.05, 0) is 123 Å². The van der Waals surface area contributed by atoms with Crippen molar-refractivity contribution in [2.75, 3.05) is 36.0 Å². The molecule has 0 unspecified atom stereocenters. The average Bonchev–Trinajstić information content (AvgIpc) is 4.14. The van der Waals surface area contributed by atoms with Crippen molar-refractivity contribution >= 4 is 22.4 Å². The van der Waals surface area contributed by atoms with Gasteiger partial charge in [0.25, 0.3) is 0 Å². The molecule has 2 saturated heterocycles. The van der Waals surface area contributed by atoms with Gasteiger partial charge in [0.15, 0.2) is 0 Å². The van der Waals surface area contributed by atoms with Crippen molar-refractivity contribution in [3.05, 3.63) is 132 Å². The van der Waals surface area contributed by atoms with Gasteiger partial charge >= 0.3 is 0 Å². The summed E-state index contributed by atoms with van der Waals surface area (Å²) in [5.74, 6) is 1.88. The average molecular weight is 695 g/mol. The van der Waals surface area contributed by atoms with Crippen LogP contribution in [0.25, 0.3) is 11.0 Å². The van der Waals surface area contributed by atoms with Crippen molar-refractivity contribution in [1.82, 2.24) is 18.8 Å². The third-order valence-electron chi connectivity index (χ3n) is 12.2. The highest BCUT2D eigenvalue weighted by Crippen LogP contribution is 2.47. The molecule has 10 rings (SSSR count). The second-order valence-corrected chi connectivity index (χ2v) is 15.5. The lowest BCUT2D eigenvalue weighted by Crippen LogP contribution is -2.35. The van der Waals surface area contributed by atoms with Crippen LogP contribution in [0.15, 0.2) is 110 Å². The Balaban J connectivity index is 0.000000138. The first-order chi connectivity index (χ1) is 25.6. The van der Waals surface area contributed by atoms with Crippen LogP contribution in [0.2, 0.25) is 0 Å². The monoisotopic (exact) mass is 694 g/mol. The number of piperidine rings is 2. The molecular formula is C44H50N6O2. The molecule has 2 saturated carbocycles. The minimum absolute atomic E-state index is 0.313. The van der Waals surface area contributed by atoms with Gasteiger partial charge in [0, 0.05) is 61.1 Å². The molecule has 8 nitrogen and oxygen atoms in total. The number of rotatable bonds is 8. The van der Waals surface area contributed by atoms with E-state index in [1.165, 1.54) is 48.2 Å². The number of aliphatic hydroxyl groups excluding tert-OH is 2. The zero-order valence-corrected chi connectivity index (χ0v) is 29.9. The third-order valence-corrected chi connectivity index (χ3v) is 12.2. The second kappa shape index (κ2) is 14.4. The van der Waals surface area contributed by atoms with Crippen LogP contribution < -0.4 is 9.80 Å². The maximum atomic E-state index is 11.3. The van der Waals surface area contributed by atoms with E-state index in [4.69, 9.17) is 0 Å². The Bertz CT molecular complexity index is 1940. The van der Waals surface area contributed by atoms with Crippen molar-refractivity contribution < 1.29 is 10.2 Å². The largest absolute Gasteiger partial charge is 0.388 e. The lowest BCUT2D eigenvalue weighted by atomic mass is 9.84. The van der Waals surface area contributed by atoms with Crippen molar-refractivity contribution in [1.29, 1.82) is 0 Å². The number of pyridine rings is 2. The Morgan fingerprint density at radius 3 is 1.25 bits per heavy atom. The first kappa shape index (κ1) is 33.2. The molecule has 0 bridgehead atoms. The molecule has 2 aromatic carbocycles. The predicted molar refractivity (Wildman–Crippen MR) is 207 cm³/mol. The molecular weight excluding hydrogens is 645 g/mol. The number of aromatic nitrogens is 4. The van der Waals surface area contributed by atoms with Crippen LogP contribution in [0.1, 0.15) is 97.7 Å². The first-order valence-electron chi connectivity index (χ1n) is 19.5. The van der Waals surface area contributed by atoms with Gasteiger partial charge in [0.05, 0.1) is 48.3 Å². The number of para-hydroxylation sites is 2. The van der Waals surface area contributed by atoms with Crippen molar-refractivity contribution in [2.24, 2.45) is 11.8 Å². The zero-order valence-electron chi connectivity index (χ0n) is 29.9. The Kier molecular flexibility index (Phi) is 9.19. The standard InChI is InChI=1S/2C22H25N3O/c2*26-22(17-8-11-24(12-9-17)18-4-2-1-3-5-18)21-19(16-6-7-16)10-13-25-15-23-14-20(21)25/h2*1-5,10,13-17,22,26H,6-9,11-12H2/t2*22-/m10/s1. The predicted octanol–water partition coefficient (Wildman–Crippen LogP) is 8.32. The smallest absolute Gasteiger partial charge is 0.0992 e. The van der Waals surface area contributed by atoms with E-state index >= 15 is 0 Å². The molecule has 2 atom stereocenters. The van der Waals surface area contributed by atoms with E-state index in [1.807, 2.05) is 33.8 Å². The van der Waals surface area contributed by atoms with Crippen LogP contribution in [0.3, 0.4) is 0 Å². The highest BCUT2D eigenvalue weighted by Gasteiger charge is 2.35. The van der Waals surface area contributed by atoms with Crippen molar-refractivity contribution in [2.45, 2.75) is 75.4 Å². The zero-order chi connectivity index (χ0) is 35.0. The van der Waals surface area contributed by atoms with Gasteiger partial charge in [-0.2, -0.15) is 0 Å². The number of fused-ring (bicyclic) bond motifs is 2. The maximum Gasteiger partial charge on any atom is 0.0992 e. The number of hydrogen-bond donors (Lipinski definition) is 2. The van der Waals surface area contributed by atoms with Gasteiger partial charge in [-0.25, -0.2) is 9.97 Å². The van der Waals surface area contributed by atoms with Crippen LogP contribution in [0.5, 0.6) is 0 Å². The van der Waals surface area contributed by atoms with E-state index in [0.29, 0.717) is 23.7 Å². The molecule has 6 aromatic rings. The SMILES string of the molecule is O[C@@H](c1c(C2CC2)ccn2cncc12)C1CCN(c2ccccc2)CC1.O[C@H](c1c(C2CC2)ccn2cncc12)C1CCN(c2ccccc2)CC1. The van der Waals surface area contributed by atoms with Crippen LogP contribution in [0, 0.1) is 11.8 Å². The number of hydrogen-bond acceptors (Lipinski definition) is 6. The molecule has 6 heterocycles. The summed E-state index contributed by atoms with van der Waals surface area (Å²) in [5, 5.41) is 22.6. The van der Waals surface area contributed by atoms with Gasteiger partial charge in [0.2, 0.25) is 0 Å². The molecule has 4 aromatic heterocycles. The summed E-state index contributed by atoms with van der Waals surface area (Å²) in [6.07, 6.45) is 19.9. The Labute approximate surface area is 306 Å². The number of benzene rings is 2. The van der Waals surface area contributed by atoms with Gasteiger partial charge in [-0.15, -0.1) is 0 Å². The summed E-state index contributed by atoms with van der Waals surface area (Å²) in [4.78, 5) is 13.5. The van der Waals surface area contributed by atoms with E-state index < -0.39 is 12.2 Å². The van der Waals surface area contributed by atoms with Gasteiger partial charge in [-0.1, -0.05) is 36.4 Å². The van der Waals surface area contributed by atoms with Crippen LogP contribution in [-0.2, 0) is 0 Å². The van der Waals surface area contributed by atoms with Crippen molar-refractivity contribution in [3.8, 4) is 0 Å². The molecule has 0 amide bonds. The number of imidazole rings is 2. The summed E-state index contributed by atoms with van der Waals surface area (Å²) in [5.41, 5.74) is 9.68. The van der Waals surface area contributed by atoms with E-state index in [1.54, 1.807) is 0 Å². The van der Waals surface area contributed by atoms with E-state index in [9.17, 15) is 10.2 Å². The summed E-state index contributed by atoms with van der Waals surface area (Å²) in [6, 6.07) is 25.6. The lowest BCUT2D eigenvalue weighted by molar-refractivity contribution is 0.0929. The van der Waals surface area contributed by atoms with Gasteiger partial charge in [-0.3, -0.25) is 0 Å². The van der Waals surface area contributed by atoms with Gasteiger partial charge in [0.1, 0.15) is 0 Å². The molecule has 52 heavy (non-hydrogen) atoms. The van der Waals surface area contributed by atoms with E-state index in [-0.39, 0.29) is 0 Å². The summed E-state index contributed by atoms with van der Waals surface area (Å²) >= 11 is 0. The molecule has 4 fully saturated rings. The highest BCUT2D eigenvalue weighted by atomic mass is 16.3. The third kappa shape index (κ3) is 6.70. The summed E-state index contributed by atoms with van der Waals surface area (Å²) in [6.45, 7) is 4.03. The molecule has 0 radical (unpaired) electrons. The molecule has 4 aliphatic rings. The number of aliphatic hydroxyl groups is 2. The molecule has 2 N–H and O–H groups in total. The summed E-state index contributed by atoms with van der Waals surface area (Å²) < 4.78 is 4.09. The fraction of sp³-hybridized carbons (Fsp3) is 0.409. The van der Waals surface area contributed by atoms with E-state index in [2.05, 4.69) is 105 Å². The van der Waals surface area contributed by atoms with Crippen LogP contribution in [-0.4, -0.2) is 55.2 Å². The Morgan fingerprint density at radius 1 is 0.500 bits per heavy atom. The quantitative estimate of drug-likeness (QED) is 0.167. The summed E-state index contributed by atoms with van der Waals surface area (Å²) in [7, 11) is 0. The van der Waals surface area contributed by atoms with Crippen LogP contribution >= 0.6 is 0 Å². The molecule has 2 aliphatic heterocycles. The minimum atomic E-state index is -0.399. The maximum absolute atomic E-state index is 11.3. The van der Waals surface area contributed by atoms with E-state index in [0.717, 1.165) is 74.0 Å². The number of nitrogens with zero attached hydrogens (tertiary/aromatic N) is 6. The molecule has 268 valence electrons. The first-order valence-corrected chi connectivity index (χ1v) is 19.5. The Hall–Kier alpha value is -4.66. The van der Waals surface area contributed by atoms with Crippen molar-refractivity contribution in [3.63, 3.8) is 0 Å². The lowest BCUT2D eigenvalue weighted by Gasteiger charge is -2.36. The number of anilines is 2. The fourth-order valence-corrected chi connectivity index (χ4v) is 8.90. The molecule has 0 spiro atoms. The second-order valence-electron chi connectivity index (χ2n) is 15.5. The Morgan fingerprint density at radius 2 is 0.885 bits per heavy atom. The topological polar surface area (TPSA) is 81.5 Å². The molecule has 2 aliphatic carbocycles. The van der Waals surface area contributed by atoms with Crippen LogP contribution in [0.4, 0.5) is 11.4 Å². The normalized spacial score (nSPS) is 19.8.